The van der Waals surface area contributed by atoms with Crippen LogP contribution in [0, 0.1) is 5.82 Å². The number of benzene rings is 3. The van der Waals surface area contributed by atoms with Crippen molar-refractivity contribution in [3.05, 3.63) is 88.2 Å². The van der Waals surface area contributed by atoms with Gasteiger partial charge < -0.3 is 5.11 Å². The Morgan fingerprint density at radius 1 is 1.08 bits per heavy atom. The van der Waals surface area contributed by atoms with Gasteiger partial charge in [-0.2, -0.15) is 18.3 Å². The summed E-state index contributed by atoms with van der Waals surface area (Å²) in [6.07, 6.45) is -4.47. The Kier molecular flexibility index (Phi) is 7.47. The van der Waals surface area contributed by atoms with E-state index in [-0.39, 0.29) is 25.2 Å². The summed E-state index contributed by atoms with van der Waals surface area (Å²) in [6.45, 7) is 1.14. The molecule has 1 heterocycles. The molecule has 1 N–H and O–H groups in total. The number of carbonyl (C=O) groups is 1. The van der Waals surface area contributed by atoms with E-state index in [9.17, 15) is 27.5 Å². The van der Waals surface area contributed by atoms with Gasteiger partial charge in [0.1, 0.15) is 17.3 Å². The van der Waals surface area contributed by atoms with Crippen LogP contribution in [-0.2, 0) is 17.8 Å². The van der Waals surface area contributed by atoms with Gasteiger partial charge in [0.05, 0.1) is 18.3 Å². The topological polar surface area (TPSA) is 52.9 Å². The average Bonchev–Trinajstić information content (AvgIpc) is 3.25. The number of rotatable bonds is 7. The third-order valence-electron chi connectivity index (χ3n) is 6.03. The van der Waals surface area contributed by atoms with Gasteiger partial charge in [-0.05, 0) is 65.9 Å². The highest BCUT2D eigenvalue weighted by Crippen LogP contribution is 2.34. The number of hydrogen-bond acceptors (Lipinski definition) is 4. The van der Waals surface area contributed by atoms with Gasteiger partial charge in [0, 0.05) is 23.4 Å². The van der Waals surface area contributed by atoms with Crippen LogP contribution in [0.3, 0.4) is 0 Å². The lowest BCUT2D eigenvalue weighted by Gasteiger charge is -2.23. The first-order valence-corrected chi connectivity index (χ1v) is 11.6. The SMILES string of the molecule is CC(=O)C[C@H]1CC(C(F)(F)F)=NN1c1ccc(Cc2ccc(-c3cc(CO)ccc3F)cc2Cl)cc1. The van der Waals surface area contributed by atoms with E-state index in [1.165, 1.54) is 24.1 Å². The van der Waals surface area contributed by atoms with Crippen LogP contribution in [0.4, 0.5) is 23.2 Å². The largest absolute Gasteiger partial charge is 0.431 e. The number of aliphatic hydroxyl groups is 1. The number of anilines is 1. The molecule has 188 valence electrons. The normalized spacial score (nSPS) is 15.8. The quantitative estimate of drug-likeness (QED) is 0.354. The maximum Gasteiger partial charge on any atom is 0.431 e. The van der Waals surface area contributed by atoms with Crippen molar-refractivity contribution in [3.8, 4) is 11.1 Å². The second-order valence-corrected chi connectivity index (χ2v) is 9.18. The number of Topliss-reactive ketones (excluding diaryl/α,β-unsaturated/α-hetero) is 1. The highest BCUT2D eigenvalue weighted by molar-refractivity contribution is 6.31. The van der Waals surface area contributed by atoms with E-state index < -0.39 is 23.7 Å². The van der Waals surface area contributed by atoms with Crippen LogP contribution in [0.2, 0.25) is 5.02 Å². The van der Waals surface area contributed by atoms with Gasteiger partial charge in [0.15, 0.2) is 0 Å². The molecular weight excluding hydrogens is 496 g/mol. The van der Waals surface area contributed by atoms with E-state index in [1.807, 2.05) is 0 Å². The van der Waals surface area contributed by atoms with Gasteiger partial charge in [-0.25, -0.2) is 4.39 Å². The van der Waals surface area contributed by atoms with Crippen molar-refractivity contribution in [2.75, 3.05) is 5.01 Å². The van der Waals surface area contributed by atoms with Crippen molar-refractivity contribution in [3.63, 3.8) is 0 Å². The zero-order valence-corrected chi connectivity index (χ0v) is 20.1. The predicted octanol–water partition coefficient (Wildman–Crippen LogP) is 6.71. The molecule has 1 aliphatic heterocycles. The zero-order chi connectivity index (χ0) is 26.0. The molecule has 9 heteroatoms. The molecule has 4 nitrogen and oxygen atoms in total. The number of hydrogen-bond donors (Lipinski definition) is 1. The molecule has 4 rings (SSSR count). The van der Waals surface area contributed by atoms with Crippen LogP contribution >= 0.6 is 11.6 Å². The number of alkyl halides is 3. The van der Waals surface area contributed by atoms with Gasteiger partial charge in [-0.15, -0.1) is 0 Å². The number of ketones is 1. The van der Waals surface area contributed by atoms with Crippen molar-refractivity contribution >= 4 is 28.8 Å². The highest BCUT2D eigenvalue weighted by Gasteiger charge is 2.43. The van der Waals surface area contributed by atoms with Gasteiger partial charge in [-0.1, -0.05) is 41.9 Å². The van der Waals surface area contributed by atoms with Gasteiger partial charge in [0.2, 0.25) is 0 Å². The third kappa shape index (κ3) is 5.77. The number of nitrogens with zero attached hydrogens (tertiary/aromatic N) is 2. The Hall–Kier alpha value is -3.23. The summed E-state index contributed by atoms with van der Waals surface area (Å²) in [5, 5.41) is 14.8. The van der Waals surface area contributed by atoms with E-state index in [1.54, 1.807) is 48.5 Å². The lowest BCUT2D eigenvalue weighted by molar-refractivity contribution is -0.117. The Balaban J connectivity index is 1.53. The van der Waals surface area contributed by atoms with E-state index >= 15 is 0 Å². The lowest BCUT2D eigenvalue weighted by atomic mass is 9.98. The van der Waals surface area contributed by atoms with Crippen LogP contribution in [-0.4, -0.2) is 28.8 Å². The molecule has 0 radical (unpaired) electrons. The first kappa shape index (κ1) is 25.9. The van der Waals surface area contributed by atoms with Crippen LogP contribution in [0.15, 0.2) is 65.8 Å². The van der Waals surface area contributed by atoms with E-state index in [4.69, 9.17) is 11.6 Å². The maximum atomic E-state index is 14.3. The summed E-state index contributed by atoms with van der Waals surface area (Å²) in [5.41, 5.74) is 2.72. The standard InChI is InChI=1S/C27H23ClF4N2O2/c1-16(36)10-22-14-26(27(30,31)32)33-34(22)21-7-2-17(3-8-21)11-20-6-5-19(13-24(20)28)23-12-18(15-35)4-9-25(23)29/h2-9,12-13,22,35H,10-11,14-15H2,1H3/t22-/m0/s1. The van der Waals surface area contributed by atoms with Crippen LogP contribution in [0.1, 0.15) is 36.5 Å². The summed E-state index contributed by atoms with van der Waals surface area (Å²) in [6, 6.07) is 15.8. The molecule has 0 spiro atoms. The minimum atomic E-state index is -4.55. The van der Waals surface area contributed by atoms with Crippen molar-refractivity contribution < 1.29 is 27.5 Å². The second-order valence-electron chi connectivity index (χ2n) is 8.77. The van der Waals surface area contributed by atoms with Gasteiger partial charge >= 0.3 is 6.18 Å². The molecule has 0 fully saturated rings. The minimum absolute atomic E-state index is 0.0331. The molecule has 0 bridgehead atoms. The van der Waals surface area contributed by atoms with E-state index in [0.29, 0.717) is 33.8 Å². The lowest BCUT2D eigenvalue weighted by Crippen LogP contribution is -2.29. The number of carbonyl (C=O) groups excluding carboxylic acids is 1. The number of halogens is 5. The summed E-state index contributed by atoms with van der Waals surface area (Å²) < 4.78 is 53.9. The van der Waals surface area contributed by atoms with Crippen molar-refractivity contribution in [1.29, 1.82) is 0 Å². The Morgan fingerprint density at radius 2 is 1.78 bits per heavy atom. The first-order chi connectivity index (χ1) is 17.0. The summed E-state index contributed by atoms with van der Waals surface area (Å²) in [4.78, 5) is 11.6. The van der Waals surface area contributed by atoms with Crippen molar-refractivity contribution in [2.45, 2.75) is 45.0 Å². The number of hydrazone groups is 1. The van der Waals surface area contributed by atoms with Gasteiger partial charge in [0.25, 0.3) is 0 Å². The fraction of sp³-hybridized carbons (Fsp3) is 0.259. The zero-order valence-electron chi connectivity index (χ0n) is 19.3. The summed E-state index contributed by atoms with van der Waals surface area (Å²) >= 11 is 6.48. The molecule has 0 aromatic heterocycles. The second kappa shape index (κ2) is 10.4. The fourth-order valence-corrected chi connectivity index (χ4v) is 4.48. The Morgan fingerprint density at radius 3 is 2.39 bits per heavy atom. The van der Waals surface area contributed by atoms with E-state index in [0.717, 1.165) is 11.1 Å². The molecule has 36 heavy (non-hydrogen) atoms. The molecule has 1 atom stereocenters. The van der Waals surface area contributed by atoms with Crippen molar-refractivity contribution in [2.24, 2.45) is 5.10 Å². The molecule has 0 saturated heterocycles. The monoisotopic (exact) mass is 518 g/mol. The average molecular weight is 519 g/mol. The number of aliphatic hydroxyl groups excluding tert-OH is 1. The predicted molar refractivity (Wildman–Crippen MR) is 132 cm³/mol. The first-order valence-electron chi connectivity index (χ1n) is 11.3. The molecule has 3 aromatic carbocycles. The summed E-state index contributed by atoms with van der Waals surface area (Å²) in [5.74, 6) is -0.630. The molecule has 0 saturated carbocycles. The smallest absolute Gasteiger partial charge is 0.392 e. The maximum absolute atomic E-state index is 14.3. The minimum Gasteiger partial charge on any atom is -0.392 e. The van der Waals surface area contributed by atoms with Gasteiger partial charge in [-0.3, -0.25) is 9.80 Å². The molecular formula is C27H23ClF4N2O2. The van der Waals surface area contributed by atoms with Crippen molar-refractivity contribution in [1.82, 2.24) is 0 Å². The Bertz CT molecular complexity index is 1310. The molecule has 0 unspecified atom stereocenters. The van der Waals surface area contributed by atoms with Crippen LogP contribution < -0.4 is 5.01 Å². The third-order valence-corrected chi connectivity index (χ3v) is 6.38. The van der Waals surface area contributed by atoms with E-state index in [2.05, 4.69) is 5.10 Å². The fourth-order valence-electron chi connectivity index (χ4n) is 4.23. The highest BCUT2D eigenvalue weighted by atomic mass is 35.5. The Labute approximate surface area is 210 Å². The molecule has 1 aliphatic rings. The molecule has 3 aromatic rings. The summed E-state index contributed by atoms with van der Waals surface area (Å²) in [7, 11) is 0. The molecule has 0 aliphatic carbocycles. The molecule has 0 amide bonds. The van der Waals surface area contributed by atoms with Crippen LogP contribution in [0.5, 0.6) is 0 Å². The van der Waals surface area contributed by atoms with Crippen LogP contribution in [0.25, 0.3) is 11.1 Å².